The van der Waals surface area contributed by atoms with Gasteiger partial charge in [-0.25, -0.2) is 0 Å². The largest absolute Gasteiger partial charge is 0.470 e. The Morgan fingerprint density at radius 3 is 2.47 bits per heavy atom. The van der Waals surface area contributed by atoms with Crippen molar-refractivity contribution in [3.63, 3.8) is 0 Å². The highest BCUT2D eigenvalue weighted by molar-refractivity contribution is 5.38. The molecule has 0 aromatic rings. The van der Waals surface area contributed by atoms with Crippen molar-refractivity contribution in [3.8, 4) is 12.1 Å². The molecule has 8 heteroatoms. The lowest BCUT2D eigenvalue weighted by Crippen LogP contribution is -2.47. The Balaban J connectivity index is 2.84. The molecule has 0 bridgehead atoms. The zero-order valence-electron chi connectivity index (χ0n) is 10.3. The topological polar surface area (TPSA) is 141 Å². The maximum Gasteiger partial charge on any atom is 0.219 e. The van der Waals surface area contributed by atoms with E-state index in [-0.39, 0.29) is 18.0 Å². The molecule has 0 aromatic carbocycles. The van der Waals surface area contributed by atoms with Gasteiger partial charge in [-0.15, -0.1) is 0 Å². The van der Waals surface area contributed by atoms with Crippen molar-refractivity contribution < 1.29 is 25.2 Å². The Bertz CT molecular complexity index is 423. The van der Waals surface area contributed by atoms with Gasteiger partial charge in [-0.2, -0.15) is 10.5 Å². The number of hydrogen-bond donors (Lipinski definition) is 4. The third-order valence-electron chi connectivity index (χ3n) is 2.81. The Labute approximate surface area is 110 Å². The molecule has 0 saturated carbocycles. The lowest BCUT2D eigenvalue weighted by molar-refractivity contribution is -0.110. The lowest BCUT2D eigenvalue weighted by atomic mass is 10.0. The van der Waals surface area contributed by atoms with E-state index in [0.717, 1.165) is 0 Å². The lowest BCUT2D eigenvalue weighted by Gasteiger charge is -2.24. The Hall–Kier alpha value is -1.84. The molecular formula is C11H15N3O5. The first-order valence-electron chi connectivity index (χ1n) is 5.53. The van der Waals surface area contributed by atoms with Crippen LogP contribution in [0.4, 0.5) is 0 Å². The average Bonchev–Trinajstić information content (AvgIpc) is 2.80. The SMILES string of the molecule is CN1CC(C(O)C(O)C(O)CO)OC1=C(C#N)C#N. The van der Waals surface area contributed by atoms with Gasteiger partial charge in [0.25, 0.3) is 0 Å². The zero-order valence-corrected chi connectivity index (χ0v) is 10.3. The molecule has 4 atom stereocenters. The second-order valence-corrected chi connectivity index (χ2v) is 4.17. The molecule has 0 radical (unpaired) electrons. The summed E-state index contributed by atoms with van der Waals surface area (Å²) in [6.45, 7) is -0.566. The maximum atomic E-state index is 9.82. The summed E-state index contributed by atoms with van der Waals surface area (Å²) < 4.78 is 5.25. The highest BCUT2D eigenvalue weighted by Gasteiger charge is 2.39. The van der Waals surface area contributed by atoms with Crippen LogP contribution in [0, 0.1) is 22.7 Å². The molecule has 4 N–H and O–H groups in total. The Morgan fingerprint density at radius 1 is 1.42 bits per heavy atom. The number of aliphatic hydroxyl groups is 4. The number of rotatable bonds is 4. The second-order valence-electron chi connectivity index (χ2n) is 4.17. The van der Waals surface area contributed by atoms with Gasteiger partial charge in [0.15, 0.2) is 5.57 Å². The number of likely N-dealkylation sites (N-methyl/N-ethyl adjacent to an activating group) is 1. The normalized spacial score (nSPS) is 23.0. The summed E-state index contributed by atoms with van der Waals surface area (Å²) in [5.74, 6) is 0.0136. The van der Waals surface area contributed by atoms with E-state index >= 15 is 0 Å². The monoisotopic (exact) mass is 269 g/mol. The molecule has 0 aliphatic carbocycles. The molecule has 1 aliphatic heterocycles. The number of allylic oxidation sites excluding steroid dienone is 1. The van der Waals surface area contributed by atoms with Gasteiger partial charge >= 0.3 is 0 Å². The summed E-state index contributed by atoms with van der Waals surface area (Å²) in [6.07, 6.45) is -5.45. The minimum atomic E-state index is -1.59. The number of nitriles is 2. The van der Waals surface area contributed by atoms with E-state index in [9.17, 15) is 15.3 Å². The number of ether oxygens (including phenoxy) is 1. The highest BCUT2D eigenvalue weighted by Crippen LogP contribution is 2.24. The number of nitrogens with zero attached hydrogens (tertiary/aromatic N) is 3. The minimum Gasteiger partial charge on any atom is -0.470 e. The fourth-order valence-electron chi connectivity index (χ4n) is 1.73. The standard InChI is InChI=1S/C11H15N3O5/c1-14-4-8(10(18)9(17)7(16)5-15)19-11(14)6(2-12)3-13/h7-10,15-18H,4-5H2,1H3. The third-order valence-corrected chi connectivity index (χ3v) is 2.81. The van der Waals surface area contributed by atoms with Crippen LogP contribution in [-0.4, -0.2) is 69.9 Å². The van der Waals surface area contributed by atoms with Crippen LogP contribution >= 0.6 is 0 Å². The van der Waals surface area contributed by atoms with E-state index in [0.29, 0.717) is 0 Å². The summed E-state index contributed by atoms with van der Waals surface area (Å²) in [4.78, 5) is 1.45. The predicted octanol–water partition coefficient (Wildman–Crippen LogP) is -2.35. The van der Waals surface area contributed by atoms with Gasteiger partial charge in [-0.1, -0.05) is 0 Å². The molecule has 8 nitrogen and oxygen atoms in total. The summed E-state index contributed by atoms with van der Waals surface area (Å²) in [5, 5.41) is 54.8. The molecule has 1 fully saturated rings. The fraction of sp³-hybridized carbons (Fsp3) is 0.636. The summed E-state index contributed by atoms with van der Waals surface area (Å²) >= 11 is 0. The van der Waals surface area contributed by atoms with Crippen LogP contribution in [-0.2, 0) is 4.74 Å². The van der Waals surface area contributed by atoms with Crippen molar-refractivity contribution in [3.05, 3.63) is 11.5 Å². The van der Waals surface area contributed by atoms with E-state index in [1.807, 2.05) is 0 Å². The fourth-order valence-corrected chi connectivity index (χ4v) is 1.73. The first-order valence-corrected chi connectivity index (χ1v) is 5.53. The van der Waals surface area contributed by atoms with E-state index < -0.39 is 31.0 Å². The third kappa shape index (κ3) is 3.13. The molecule has 1 rings (SSSR count). The van der Waals surface area contributed by atoms with E-state index in [4.69, 9.17) is 20.4 Å². The molecule has 1 saturated heterocycles. The van der Waals surface area contributed by atoms with Crippen LogP contribution in [0.15, 0.2) is 11.5 Å². The van der Waals surface area contributed by atoms with Gasteiger partial charge in [-0.05, 0) is 0 Å². The Kier molecular flexibility index (Phi) is 5.10. The first kappa shape index (κ1) is 15.2. The van der Waals surface area contributed by atoms with E-state index in [1.54, 1.807) is 19.2 Å². The van der Waals surface area contributed by atoms with Crippen molar-refractivity contribution in [2.24, 2.45) is 0 Å². The van der Waals surface area contributed by atoms with Crippen molar-refractivity contribution in [2.75, 3.05) is 20.2 Å². The van der Waals surface area contributed by atoms with Crippen molar-refractivity contribution in [1.82, 2.24) is 4.90 Å². The summed E-state index contributed by atoms with van der Waals surface area (Å²) in [7, 11) is 1.56. The van der Waals surface area contributed by atoms with E-state index in [1.165, 1.54) is 4.90 Å². The van der Waals surface area contributed by atoms with Gasteiger partial charge < -0.3 is 30.1 Å². The number of hydrogen-bond acceptors (Lipinski definition) is 8. The number of aliphatic hydroxyl groups excluding tert-OH is 4. The van der Waals surface area contributed by atoms with Gasteiger partial charge in [-0.3, -0.25) is 0 Å². The van der Waals surface area contributed by atoms with Gasteiger partial charge in [0.05, 0.1) is 13.2 Å². The van der Waals surface area contributed by atoms with Crippen LogP contribution in [0.1, 0.15) is 0 Å². The molecule has 0 amide bonds. The Morgan fingerprint density at radius 2 is 2.00 bits per heavy atom. The predicted molar refractivity (Wildman–Crippen MR) is 60.9 cm³/mol. The van der Waals surface area contributed by atoms with E-state index in [2.05, 4.69) is 0 Å². The molecule has 104 valence electrons. The smallest absolute Gasteiger partial charge is 0.219 e. The first-order chi connectivity index (χ1) is 8.96. The molecule has 4 unspecified atom stereocenters. The summed E-state index contributed by atoms with van der Waals surface area (Å²) in [5.41, 5.74) is -0.241. The van der Waals surface area contributed by atoms with Gasteiger partial charge in [0.2, 0.25) is 5.88 Å². The maximum absolute atomic E-state index is 9.82. The van der Waals surface area contributed by atoms with Gasteiger partial charge in [0, 0.05) is 7.05 Å². The summed E-state index contributed by atoms with van der Waals surface area (Å²) in [6, 6.07) is 3.33. The zero-order chi connectivity index (χ0) is 14.6. The highest BCUT2D eigenvalue weighted by atomic mass is 16.5. The van der Waals surface area contributed by atoms with Crippen LogP contribution in [0.5, 0.6) is 0 Å². The van der Waals surface area contributed by atoms with Crippen molar-refractivity contribution in [1.29, 1.82) is 10.5 Å². The van der Waals surface area contributed by atoms with Crippen LogP contribution < -0.4 is 0 Å². The van der Waals surface area contributed by atoms with Crippen molar-refractivity contribution >= 4 is 0 Å². The van der Waals surface area contributed by atoms with Crippen LogP contribution in [0.2, 0.25) is 0 Å². The molecule has 0 aromatic heterocycles. The molecule has 0 spiro atoms. The quantitative estimate of drug-likeness (QED) is 0.416. The van der Waals surface area contributed by atoms with Crippen LogP contribution in [0.25, 0.3) is 0 Å². The van der Waals surface area contributed by atoms with Crippen molar-refractivity contribution in [2.45, 2.75) is 24.4 Å². The molecule has 1 heterocycles. The molecular weight excluding hydrogens is 254 g/mol. The second kappa shape index (κ2) is 6.36. The molecule has 19 heavy (non-hydrogen) atoms. The molecule has 1 aliphatic rings. The average molecular weight is 269 g/mol. The van der Waals surface area contributed by atoms with Gasteiger partial charge in [0.1, 0.15) is 36.6 Å². The minimum absolute atomic E-state index is 0.0136. The van der Waals surface area contributed by atoms with Crippen LogP contribution in [0.3, 0.4) is 0 Å².